The lowest BCUT2D eigenvalue weighted by Gasteiger charge is -2.34. The van der Waals surface area contributed by atoms with Crippen molar-refractivity contribution in [1.29, 1.82) is 0 Å². The second kappa shape index (κ2) is 10.7. The minimum atomic E-state index is -0.728. The van der Waals surface area contributed by atoms with Gasteiger partial charge in [-0.2, -0.15) is 0 Å². The number of carboxylic acid groups (broad SMARTS) is 1. The molecule has 7 nitrogen and oxygen atoms in total. The molecule has 2 heterocycles. The third-order valence-electron chi connectivity index (χ3n) is 6.74. The number of carboxylic acids is 1. The van der Waals surface area contributed by atoms with Crippen LogP contribution in [-0.2, 0) is 16.0 Å². The van der Waals surface area contributed by atoms with Crippen LogP contribution in [-0.4, -0.2) is 46.7 Å². The standard InChI is InChI=1S/C27H32N2O5/c1-3-6-23(26(30)31)20-11-14-29(15-12-20)27(32)33-16-13-24-18(2)34-25(28-24)22-10-9-19-7-4-5-8-21(19)17-22/h4-5,7-10,17,20,23H,3,6,11-16H2,1-2H3,(H,30,31). The molecule has 1 atom stereocenters. The Morgan fingerprint density at radius 1 is 1.18 bits per heavy atom. The predicted molar refractivity (Wildman–Crippen MR) is 130 cm³/mol. The quantitative estimate of drug-likeness (QED) is 0.460. The molecule has 2 aromatic carbocycles. The number of piperidine rings is 1. The van der Waals surface area contributed by atoms with E-state index in [9.17, 15) is 14.7 Å². The topological polar surface area (TPSA) is 92.9 Å². The number of hydrogen-bond acceptors (Lipinski definition) is 5. The van der Waals surface area contributed by atoms with Gasteiger partial charge in [-0.05, 0) is 55.0 Å². The number of ether oxygens (including phenoxy) is 1. The van der Waals surface area contributed by atoms with Gasteiger partial charge in [-0.3, -0.25) is 4.79 Å². The van der Waals surface area contributed by atoms with Gasteiger partial charge < -0.3 is 19.2 Å². The predicted octanol–water partition coefficient (Wildman–Crippen LogP) is 5.70. The fourth-order valence-corrected chi connectivity index (χ4v) is 4.79. The Labute approximate surface area is 199 Å². The summed E-state index contributed by atoms with van der Waals surface area (Å²) in [4.78, 5) is 30.4. The van der Waals surface area contributed by atoms with Gasteiger partial charge in [-0.1, -0.05) is 43.7 Å². The molecule has 180 valence electrons. The summed E-state index contributed by atoms with van der Waals surface area (Å²) in [5, 5.41) is 11.8. The lowest BCUT2D eigenvalue weighted by molar-refractivity contribution is -0.144. The van der Waals surface area contributed by atoms with Crippen molar-refractivity contribution in [2.75, 3.05) is 19.7 Å². The maximum atomic E-state index is 12.5. The Hall–Kier alpha value is -3.35. The first-order chi connectivity index (χ1) is 16.5. The van der Waals surface area contributed by atoms with Crippen LogP contribution in [0.15, 0.2) is 46.9 Å². The Morgan fingerprint density at radius 3 is 2.62 bits per heavy atom. The van der Waals surface area contributed by atoms with E-state index in [1.807, 2.05) is 32.0 Å². The third-order valence-corrected chi connectivity index (χ3v) is 6.74. The van der Waals surface area contributed by atoms with Crippen LogP contribution in [0.2, 0.25) is 0 Å². The number of aliphatic carboxylic acids is 1. The van der Waals surface area contributed by atoms with Crippen molar-refractivity contribution in [3.63, 3.8) is 0 Å². The zero-order chi connectivity index (χ0) is 24.1. The summed E-state index contributed by atoms with van der Waals surface area (Å²) < 4.78 is 11.4. The Morgan fingerprint density at radius 2 is 1.91 bits per heavy atom. The molecule has 34 heavy (non-hydrogen) atoms. The van der Waals surface area contributed by atoms with Crippen molar-refractivity contribution in [3.05, 3.63) is 53.9 Å². The van der Waals surface area contributed by atoms with Crippen LogP contribution < -0.4 is 0 Å². The van der Waals surface area contributed by atoms with E-state index in [1.165, 1.54) is 0 Å². The molecule has 4 rings (SSSR count). The second-order valence-corrected chi connectivity index (χ2v) is 9.01. The average molecular weight is 465 g/mol. The van der Waals surface area contributed by atoms with Gasteiger partial charge in [0.1, 0.15) is 5.76 Å². The maximum absolute atomic E-state index is 12.5. The van der Waals surface area contributed by atoms with Gasteiger partial charge in [-0.25, -0.2) is 9.78 Å². The van der Waals surface area contributed by atoms with Gasteiger partial charge in [0.25, 0.3) is 0 Å². The molecule has 1 unspecified atom stereocenters. The van der Waals surface area contributed by atoms with Crippen molar-refractivity contribution in [2.45, 2.75) is 46.0 Å². The molecule has 1 saturated heterocycles. The Bertz CT molecular complexity index is 1150. The number of hydrogen-bond donors (Lipinski definition) is 1. The smallest absolute Gasteiger partial charge is 0.409 e. The maximum Gasteiger partial charge on any atom is 0.409 e. The van der Waals surface area contributed by atoms with Gasteiger partial charge in [0, 0.05) is 25.1 Å². The summed E-state index contributed by atoms with van der Waals surface area (Å²) in [6.45, 7) is 5.16. The highest BCUT2D eigenvalue weighted by Crippen LogP contribution is 2.29. The summed E-state index contributed by atoms with van der Waals surface area (Å²) >= 11 is 0. The van der Waals surface area contributed by atoms with Gasteiger partial charge in [0.2, 0.25) is 5.89 Å². The van der Waals surface area contributed by atoms with Gasteiger partial charge in [-0.15, -0.1) is 0 Å². The van der Waals surface area contributed by atoms with Crippen molar-refractivity contribution in [3.8, 4) is 11.5 Å². The van der Waals surface area contributed by atoms with Crippen LogP contribution in [0.4, 0.5) is 4.79 Å². The Kier molecular flexibility index (Phi) is 7.50. The SMILES string of the molecule is CCCC(C(=O)O)C1CCN(C(=O)OCCc2nc(-c3ccc4ccccc4c3)oc2C)CC1. The molecular weight excluding hydrogens is 432 g/mol. The number of fused-ring (bicyclic) bond motifs is 1. The van der Waals surface area contributed by atoms with E-state index in [0.717, 1.165) is 34.2 Å². The molecule has 0 aliphatic carbocycles. The molecular formula is C27H32N2O5. The highest BCUT2D eigenvalue weighted by molar-refractivity contribution is 5.86. The highest BCUT2D eigenvalue weighted by Gasteiger charge is 2.32. The number of nitrogens with zero attached hydrogens (tertiary/aromatic N) is 2. The molecule has 1 aliphatic heterocycles. The van der Waals surface area contributed by atoms with Crippen LogP contribution >= 0.6 is 0 Å². The monoisotopic (exact) mass is 464 g/mol. The summed E-state index contributed by atoms with van der Waals surface area (Å²) in [6.07, 6.45) is 3.05. The first-order valence-electron chi connectivity index (χ1n) is 12.1. The Balaban J connectivity index is 1.29. The molecule has 1 aromatic heterocycles. The number of carbonyl (C=O) groups excluding carboxylic acids is 1. The van der Waals surface area contributed by atoms with Crippen molar-refractivity contribution in [2.24, 2.45) is 11.8 Å². The van der Waals surface area contributed by atoms with Crippen LogP contribution in [0.5, 0.6) is 0 Å². The zero-order valence-corrected chi connectivity index (χ0v) is 19.8. The molecule has 3 aromatic rings. The minimum absolute atomic E-state index is 0.118. The first-order valence-corrected chi connectivity index (χ1v) is 12.1. The molecule has 0 spiro atoms. The van der Waals surface area contributed by atoms with Crippen LogP contribution in [0.3, 0.4) is 0 Å². The molecule has 7 heteroatoms. The summed E-state index contributed by atoms with van der Waals surface area (Å²) in [7, 11) is 0. The fourth-order valence-electron chi connectivity index (χ4n) is 4.79. The van der Waals surface area contributed by atoms with Crippen molar-refractivity contribution >= 4 is 22.8 Å². The van der Waals surface area contributed by atoms with Crippen molar-refractivity contribution in [1.82, 2.24) is 9.88 Å². The van der Waals surface area contributed by atoms with E-state index >= 15 is 0 Å². The first kappa shape index (κ1) is 23.8. The number of aromatic nitrogens is 1. The largest absolute Gasteiger partial charge is 0.481 e. The van der Waals surface area contributed by atoms with E-state index in [-0.39, 0.29) is 24.5 Å². The van der Waals surface area contributed by atoms with E-state index in [1.54, 1.807) is 4.90 Å². The molecule has 0 bridgehead atoms. The van der Waals surface area contributed by atoms with Crippen LogP contribution in [0, 0.1) is 18.8 Å². The van der Waals surface area contributed by atoms with Crippen LogP contribution in [0.25, 0.3) is 22.2 Å². The number of benzene rings is 2. The van der Waals surface area contributed by atoms with Gasteiger partial charge >= 0.3 is 12.1 Å². The van der Waals surface area contributed by atoms with Gasteiger partial charge in [0.05, 0.1) is 18.2 Å². The highest BCUT2D eigenvalue weighted by atomic mass is 16.6. The number of likely N-dealkylation sites (tertiary alicyclic amines) is 1. The second-order valence-electron chi connectivity index (χ2n) is 9.01. The molecule has 1 amide bonds. The number of carbonyl (C=O) groups is 2. The number of aryl methyl sites for hydroxylation is 1. The van der Waals surface area contributed by atoms with E-state index in [2.05, 4.69) is 29.2 Å². The normalized spacial score (nSPS) is 15.4. The summed E-state index contributed by atoms with van der Waals surface area (Å²) in [6, 6.07) is 14.3. The van der Waals surface area contributed by atoms with Crippen LogP contribution in [0.1, 0.15) is 44.1 Å². The van der Waals surface area contributed by atoms with E-state index in [4.69, 9.17) is 9.15 Å². The third kappa shape index (κ3) is 5.41. The zero-order valence-electron chi connectivity index (χ0n) is 19.8. The number of amides is 1. The summed E-state index contributed by atoms with van der Waals surface area (Å²) in [5.74, 6) is 0.346. The van der Waals surface area contributed by atoms with Gasteiger partial charge in [0.15, 0.2) is 0 Å². The molecule has 0 radical (unpaired) electrons. The number of oxazole rings is 1. The average Bonchev–Trinajstić information content (AvgIpc) is 3.22. The molecule has 1 N–H and O–H groups in total. The minimum Gasteiger partial charge on any atom is -0.481 e. The van der Waals surface area contributed by atoms with Crippen molar-refractivity contribution < 1.29 is 23.8 Å². The van der Waals surface area contributed by atoms with E-state index in [0.29, 0.717) is 44.7 Å². The lowest BCUT2D eigenvalue weighted by Crippen LogP contribution is -2.41. The number of rotatable bonds is 8. The molecule has 0 saturated carbocycles. The summed E-state index contributed by atoms with van der Waals surface area (Å²) in [5.41, 5.74) is 1.69. The van der Waals surface area contributed by atoms with E-state index < -0.39 is 5.97 Å². The molecule has 1 fully saturated rings. The lowest BCUT2D eigenvalue weighted by atomic mass is 9.82. The molecule has 1 aliphatic rings. The fraction of sp³-hybridized carbons (Fsp3) is 0.444.